The lowest BCUT2D eigenvalue weighted by Crippen LogP contribution is -2.23. The number of anilines is 1. The second kappa shape index (κ2) is 12.1. The summed E-state index contributed by atoms with van der Waals surface area (Å²) in [6.07, 6.45) is 0.145. The highest BCUT2D eigenvalue weighted by Crippen LogP contribution is 2.34. The summed E-state index contributed by atoms with van der Waals surface area (Å²) in [4.78, 5) is 31.0. The van der Waals surface area contributed by atoms with Crippen molar-refractivity contribution in [1.29, 1.82) is 5.26 Å². The number of nitriles is 1. The first kappa shape index (κ1) is 27.7. The molecule has 0 atom stereocenters. The molecule has 5 aromatic rings. The first-order chi connectivity index (χ1) is 19.9. The average molecular weight is 560 g/mol. The van der Waals surface area contributed by atoms with E-state index in [9.17, 15) is 14.9 Å². The summed E-state index contributed by atoms with van der Waals surface area (Å²) in [6, 6.07) is 31.5. The van der Waals surface area contributed by atoms with Crippen LogP contribution in [0.4, 0.5) is 5.69 Å². The van der Waals surface area contributed by atoms with E-state index in [1.54, 1.807) is 18.7 Å². The second-order valence-corrected chi connectivity index (χ2v) is 10.7. The van der Waals surface area contributed by atoms with Crippen LogP contribution in [0.3, 0.4) is 0 Å². The van der Waals surface area contributed by atoms with E-state index in [1.807, 2.05) is 97.9 Å². The number of pyridine rings is 1. The monoisotopic (exact) mass is 559 g/mol. The number of benzene rings is 3. The van der Waals surface area contributed by atoms with Crippen LogP contribution >= 0.6 is 11.8 Å². The summed E-state index contributed by atoms with van der Waals surface area (Å²) in [5.74, 6) is 0.109. The molecule has 0 bridgehead atoms. The summed E-state index contributed by atoms with van der Waals surface area (Å²) < 4.78 is 3.26. The molecule has 1 N–H and O–H groups in total. The number of aryl methyl sites for hydroxylation is 1. The lowest BCUT2D eigenvalue weighted by atomic mass is 9.98. The molecule has 8 heteroatoms. The third-order valence-electron chi connectivity index (χ3n) is 6.92. The Bertz CT molecular complexity index is 1800. The molecule has 0 fully saturated rings. The molecular formula is C33H29N5O2S. The Morgan fingerprint density at radius 3 is 2.27 bits per heavy atom. The van der Waals surface area contributed by atoms with Crippen molar-refractivity contribution < 1.29 is 4.79 Å². The minimum absolute atomic E-state index is 0.145. The zero-order valence-electron chi connectivity index (χ0n) is 23.1. The van der Waals surface area contributed by atoms with Gasteiger partial charge in [-0.25, -0.2) is 9.67 Å². The number of thioether (sulfide) groups is 1. The largest absolute Gasteiger partial charge is 0.320 e. The van der Waals surface area contributed by atoms with Crippen LogP contribution in [0.15, 0.2) is 101 Å². The van der Waals surface area contributed by atoms with E-state index < -0.39 is 0 Å². The molecule has 0 aliphatic rings. The Morgan fingerprint density at radius 2 is 1.61 bits per heavy atom. The van der Waals surface area contributed by atoms with E-state index in [2.05, 4.69) is 11.4 Å². The van der Waals surface area contributed by atoms with Crippen molar-refractivity contribution in [2.75, 3.05) is 11.1 Å². The number of nitrogens with zero attached hydrogens (tertiary/aromatic N) is 4. The van der Waals surface area contributed by atoms with Crippen LogP contribution in [0.2, 0.25) is 0 Å². The molecule has 41 heavy (non-hydrogen) atoms. The third-order valence-corrected chi connectivity index (χ3v) is 7.89. The molecule has 0 aliphatic carbocycles. The first-order valence-electron chi connectivity index (χ1n) is 13.2. The summed E-state index contributed by atoms with van der Waals surface area (Å²) >= 11 is 1.36. The van der Waals surface area contributed by atoms with Gasteiger partial charge in [0.25, 0.3) is 5.56 Å². The molecule has 2 heterocycles. The van der Waals surface area contributed by atoms with Crippen molar-refractivity contribution in [1.82, 2.24) is 14.3 Å². The molecular weight excluding hydrogens is 530 g/mol. The maximum Gasteiger partial charge on any atom is 0.295 e. The van der Waals surface area contributed by atoms with Crippen molar-refractivity contribution in [3.63, 3.8) is 0 Å². The van der Waals surface area contributed by atoms with Gasteiger partial charge in [0.05, 0.1) is 22.6 Å². The van der Waals surface area contributed by atoms with Crippen molar-refractivity contribution in [3.05, 3.63) is 118 Å². The fourth-order valence-electron chi connectivity index (χ4n) is 4.61. The quantitative estimate of drug-likeness (QED) is 0.219. The van der Waals surface area contributed by atoms with Gasteiger partial charge in [0.1, 0.15) is 16.8 Å². The van der Waals surface area contributed by atoms with E-state index >= 15 is 0 Å². The number of nitrogens with one attached hydrogen (secondary N) is 1. The van der Waals surface area contributed by atoms with Crippen LogP contribution in [-0.4, -0.2) is 26.0 Å². The van der Waals surface area contributed by atoms with Crippen LogP contribution in [0.25, 0.3) is 28.1 Å². The maximum atomic E-state index is 13.2. The minimum Gasteiger partial charge on any atom is -0.320 e. The Hall–Kier alpha value is -4.87. The number of hydrogen-bond acceptors (Lipinski definition) is 5. The predicted molar refractivity (Wildman–Crippen MR) is 164 cm³/mol. The highest BCUT2D eigenvalue weighted by Gasteiger charge is 2.19. The van der Waals surface area contributed by atoms with Crippen molar-refractivity contribution >= 4 is 23.4 Å². The number of hydrogen-bond donors (Lipinski definition) is 1. The molecule has 0 aliphatic heterocycles. The minimum atomic E-state index is -0.288. The smallest absolute Gasteiger partial charge is 0.295 e. The second-order valence-electron chi connectivity index (χ2n) is 9.66. The lowest BCUT2D eigenvalue weighted by molar-refractivity contribution is -0.115. The lowest BCUT2D eigenvalue weighted by Gasteiger charge is -2.13. The zero-order chi connectivity index (χ0) is 28.9. The van der Waals surface area contributed by atoms with Gasteiger partial charge in [-0.15, -0.1) is 11.8 Å². The molecule has 0 saturated carbocycles. The van der Waals surface area contributed by atoms with Crippen LogP contribution in [-0.2, 0) is 11.8 Å². The van der Waals surface area contributed by atoms with Crippen LogP contribution in [0, 0.1) is 25.2 Å². The first-order valence-corrected chi connectivity index (χ1v) is 14.2. The predicted octanol–water partition coefficient (Wildman–Crippen LogP) is 6.51. The van der Waals surface area contributed by atoms with E-state index in [-0.39, 0.29) is 23.6 Å². The number of carbonyl (C=O) groups excluding carboxylic acids is 1. The molecule has 204 valence electrons. The Balaban J connectivity index is 1.38. The third kappa shape index (κ3) is 5.86. The number of rotatable bonds is 8. The van der Waals surface area contributed by atoms with E-state index in [0.717, 1.165) is 33.6 Å². The van der Waals surface area contributed by atoms with Crippen molar-refractivity contribution in [3.8, 4) is 34.1 Å². The number of aromatic nitrogens is 3. The topological polar surface area (TPSA) is 92.7 Å². The summed E-state index contributed by atoms with van der Waals surface area (Å²) in [5, 5.41) is 13.5. The van der Waals surface area contributed by atoms with Crippen LogP contribution < -0.4 is 10.9 Å². The fraction of sp³-hybridized carbons (Fsp3) is 0.152. The van der Waals surface area contributed by atoms with Gasteiger partial charge in [-0.3, -0.25) is 14.3 Å². The van der Waals surface area contributed by atoms with Gasteiger partial charge in [-0.2, -0.15) is 5.26 Å². The van der Waals surface area contributed by atoms with Gasteiger partial charge in [-0.1, -0.05) is 78.4 Å². The number of carbonyl (C=O) groups is 1. The van der Waals surface area contributed by atoms with E-state index in [1.165, 1.54) is 16.4 Å². The summed E-state index contributed by atoms with van der Waals surface area (Å²) in [6.45, 7) is 3.83. The highest BCUT2D eigenvalue weighted by molar-refractivity contribution is 7.99. The molecule has 0 radical (unpaired) electrons. The van der Waals surface area contributed by atoms with Gasteiger partial charge in [-0.05, 0) is 37.6 Å². The normalized spacial score (nSPS) is 10.8. The molecule has 7 nitrogen and oxygen atoms in total. The maximum absolute atomic E-state index is 13.2. The molecule has 3 aromatic carbocycles. The molecule has 2 aromatic heterocycles. The molecule has 5 rings (SSSR count). The van der Waals surface area contributed by atoms with E-state index in [0.29, 0.717) is 22.0 Å². The zero-order valence-corrected chi connectivity index (χ0v) is 23.9. The SMILES string of the molecule is Cc1ccc(-c2cc(-c3ccccc3)nc(SCCC(=O)Nc3c(C)n(C)n(-c4ccccc4)c3=O)c2C#N)cc1. The Kier molecular flexibility index (Phi) is 8.18. The Labute approximate surface area is 243 Å². The summed E-state index contributed by atoms with van der Waals surface area (Å²) in [5.41, 5.74) is 6.39. The van der Waals surface area contributed by atoms with Crippen molar-refractivity contribution in [2.24, 2.45) is 7.05 Å². The molecule has 0 spiro atoms. The standard InChI is InChI=1S/C33H29N5O2S/c1-22-14-16-24(17-15-22)27-20-29(25-10-6-4-7-11-25)35-32(28(27)21-34)41-19-18-30(39)36-31-23(2)37(3)38(33(31)40)26-12-8-5-9-13-26/h4-17,20H,18-19H2,1-3H3,(H,36,39). The van der Waals surface area contributed by atoms with Crippen LogP contribution in [0.1, 0.15) is 23.2 Å². The fourth-order valence-corrected chi connectivity index (χ4v) is 5.55. The highest BCUT2D eigenvalue weighted by atomic mass is 32.2. The van der Waals surface area contributed by atoms with Crippen molar-refractivity contribution in [2.45, 2.75) is 25.3 Å². The van der Waals surface area contributed by atoms with Gasteiger partial charge in [0, 0.05) is 30.3 Å². The summed E-state index contributed by atoms with van der Waals surface area (Å²) in [7, 11) is 1.79. The molecule has 1 amide bonds. The van der Waals surface area contributed by atoms with Crippen LogP contribution in [0.5, 0.6) is 0 Å². The van der Waals surface area contributed by atoms with Gasteiger partial charge in [0.2, 0.25) is 5.91 Å². The van der Waals surface area contributed by atoms with Gasteiger partial charge < -0.3 is 5.32 Å². The van der Waals surface area contributed by atoms with E-state index in [4.69, 9.17) is 4.98 Å². The van der Waals surface area contributed by atoms with Gasteiger partial charge >= 0.3 is 0 Å². The Morgan fingerprint density at radius 1 is 0.951 bits per heavy atom. The molecule has 0 saturated heterocycles. The molecule has 0 unspecified atom stereocenters. The van der Waals surface area contributed by atoms with Gasteiger partial charge in [0.15, 0.2) is 0 Å². The number of para-hydroxylation sites is 1. The number of amides is 1. The average Bonchev–Trinajstić information content (AvgIpc) is 3.20.